The molecule has 1 saturated carbocycles. The summed E-state index contributed by atoms with van der Waals surface area (Å²) in [5.41, 5.74) is 0. The fraction of sp³-hybridized carbons (Fsp3) is 0.923. The molecule has 1 saturated heterocycles. The van der Waals surface area contributed by atoms with Gasteiger partial charge in [-0.1, -0.05) is 12.8 Å². The van der Waals surface area contributed by atoms with E-state index in [2.05, 4.69) is 20.9 Å². The predicted molar refractivity (Wildman–Crippen MR) is 72.7 cm³/mol. The summed E-state index contributed by atoms with van der Waals surface area (Å²) >= 11 is 0. The van der Waals surface area contributed by atoms with Gasteiger partial charge in [-0.05, 0) is 18.8 Å². The highest BCUT2D eigenvalue weighted by Crippen LogP contribution is 2.23. The highest BCUT2D eigenvalue weighted by molar-refractivity contribution is 5.73. The Morgan fingerprint density at radius 3 is 2.61 bits per heavy atom. The number of urea groups is 1. The van der Waals surface area contributed by atoms with Crippen LogP contribution in [0.5, 0.6) is 0 Å². The molecule has 1 aliphatic heterocycles. The van der Waals surface area contributed by atoms with Crippen molar-refractivity contribution < 1.29 is 4.79 Å². The molecule has 1 aliphatic carbocycles. The number of rotatable bonds is 5. The number of nitrogens with zero attached hydrogens (tertiary/aromatic N) is 1. The third-order valence-electron chi connectivity index (χ3n) is 3.95. The van der Waals surface area contributed by atoms with Crippen LogP contribution >= 0.6 is 0 Å². The van der Waals surface area contributed by atoms with Crippen LogP contribution in [0, 0.1) is 5.92 Å². The molecule has 0 spiro atoms. The average molecular weight is 254 g/mol. The molecule has 18 heavy (non-hydrogen) atoms. The maximum Gasteiger partial charge on any atom is 0.314 e. The number of hydrogen-bond donors (Lipinski definition) is 3. The van der Waals surface area contributed by atoms with Crippen molar-refractivity contribution in [2.75, 3.05) is 45.8 Å². The van der Waals surface area contributed by atoms with Crippen molar-refractivity contribution in [1.82, 2.24) is 20.9 Å². The highest BCUT2D eigenvalue weighted by Gasteiger charge is 2.15. The monoisotopic (exact) mass is 254 g/mol. The van der Waals surface area contributed by atoms with Gasteiger partial charge in [0.25, 0.3) is 0 Å². The van der Waals surface area contributed by atoms with E-state index in [0.717, 1.165) is 45.8 Å². The molecule has 2 fully saturated rings. The molecule has 0 aromatic rings. The van der Waals surface area contributed by atoms with Crippen LogP contribution in [0.3, 0.4) is 0 Å². The Bertz CT molecular complexity index is 247. The normalized spacial score (nSPS) is 22.0. The lowest BCUT2D eigenvalue weighted by Gasteiger charge is -2.27. The summed E-state index contributed by atoms with van der Waals surface area (Å²) in [5, 5.41) is 9.25. The zero-order valence-electron chi connectivity index (χ0n) is 11.2. The maximum absolute atomic E-state index is 11.6. The Hall–Kier alpha value is -0.810. The van der Waals surface area contributed by atoms with Crippen LogP contribution in [0.4, 0.5) is 4.79 Å². The smallest absolute Gasteiger partial charge is 0.314 e. The van der Waals surface area contributed by atoms with E-state index >= 15 is 0 Å². The molecule has 2 amide bonds. The second kappa shape index (κ2) is 7.59. The van der Waals surface area contributed by atoms with Crippen molar-refractivity contribution in [3.63, 3.8) is 0 Å². The second-order valence-corrected chi connectivity index (χ2v) is 5.38. The summed E-state index contributed by atoms with van der Waals surface area (Å²) in [6.45, 7) is 6.85. The molecule has 1 heterocycles. The second-order valence-electron chi connectivity index (χ2n) is 5.38. The summed E-state index contributed by atoms with van der Waals surface area (Å²) < 4.78 is 0. The molecule has 5 heteroatoms. The number of amides is 2. The average Bonchev–Trinajstić information content (AvgIpc) is 2.91. The Balaban J connectivity index is 1.48. The SMILES string of the molecule is O=C(NCCN1CCNCC1)NCC1CCCC1. The molecule has 0 atom stereocenters. The van der Waals surface area contributed by atoms with Gasteiger partial charge in [-0.15, -0.1) is 0 Å². The molecular weight excluding hydrogens is 228 g/mol. The molecule has 2 rings (SSSR count). The number of piperazine rings is 1. The first kappa shape index (κ1) is 13.6. The molecule has 2 aliphatic rings. The standard InChI is InChI=1S/C13H26N4O/c18-13(16-11-12-3-1-2-4-12)15-7-10-17-8-5-14-6-9-17/h12,14H,1-11H2,(H2,15,16,18). The Morgan fingerprint density at radius 2 is 1.89 bits per heavy atom. The van der Waals surface area contributed by atoms with Crippen molar-refractivity contribution in [1.29, 1.82) is 0 Å². The lowest BCUT2D eigenvalue weighted by Crippen LogP contribution is -2.47. The van der Waals surface area contributed by atoms with Gasteiger partial charge in [0.1, 0.15) is 0 Å². The van der Waals surface area contributed by atoms with Crippen LogP contribution in [0.15, 0.2) is 0 Å². The van der Waals surface area contributed by atoms with Crippen LogP contribution in [0.2, 0.25) is 0 Å². The van der Waals surface area contributed by atoms with Gasteiger partial charge in [0.2, 0.25) is 0 Å². The van der Waals surface area contributed by atoms with E-state index in [9.17, 15) is 4.79 Å². The van der Waals surface area contributed by atoms with Crippen molar-refractivity contribution >= 4 is 6.03 Å². The van der Waals surface area contributed by atoms with Gasteiger partial charge in [-0.3, -0.25) is 4.90 Å². The van der Waals surface area contributed by atoms with Gasteiger partial charge < -0.3 is 16.0 Å². The van der Waals surface area contributed by atoms with Crippen LogP contribution in [-0.2, 0) is 0 Å². The highest BCUT2D eigenvalue weighted by atomic mass is 16.2. The van der Waals surface area contributed by atoms with E-state index in [1.807, 2.05) is 0 Å². The number of nitrogens with one attached hydrogen (secondary N) is 3. The Morgan fingerprint density at radius 1 is 1.17 bits per heavy atom. The lowest BCUT2D eigenvalue weighted by atomic mass is 10.1. The Labute approximate surface area is 110 Å². The minimum atomic E-state index is -0.00275. The first-order valence-corrected chi connectivity index (χ1v) is 7.29. The van der Waals surface area contributed by atoms with Gasteiger partial charge in [0, 0.05) is 45.8 Å². The summed E-state index contributed by atoms with van der Waals surface area (Å²) in [5.74, 6) is 0.712. The van der Waals surface area contributed by atoms with E-state index in [0.29, 0.717) is 5.92 Å². The van der Waals surface area contributed by atoms with Crippen molar-refractivity contribution in [3.8, 4) is 0 Å². The van der Waals surface area contributed by atoms with Crippen molar-refractivity contribution in [2.45, 2.75) is 25.7 Å². The van der Waals surface area contributed by atoms with Gasteiger partial charge in [-0.2, -0.15) is 0 Å². The molecule has 0 radical (unpaired) electrons. The molecule has 5 nitrogen and oxygen atoms in total. The third kappa shape index (κ3) is 4.82. The van der Waals surface area contributed by atoms with Crippen molar-refractivity contribution in [3.05, 3.63) is 0 Å². The zero-order valence-corrected chi connectivity index (χ0v) is 11.2. The molecule has 3 N–H and O–H groups in total. The van der Waals surface area contributed by atoms with Gasteiger partial charge >= 0.3 is 6.03 Å². The predicted octanol–water partition coefficient (Wildman–Crippen LogP) is 0.381. The Kier molecular flexibility index (Phi) is 5.74. The zero-order chi connectivity index (χ0) is 12.6. The first-order chi connectivity index (χ1) is 8.84. The van der Waals surface area contributed by atoms with E-state index in [4.69, 9.17) is 0 Å². The van der Waals surface area contributed by atoms with E-state index < -0.39 is 0 Å². The third-order valence-corrected chi connectivity index (χ3v) is 3.95. The molecule has 104 valence electrons. The quantitative estimate of drug-likeness (QED) is 0.665. The largest absolute Gasteiger partial charge is 0.338 e. The molecule has 0 unspecified atom stereocenters. The molecule has 0 bridgehead atoms. The molecule has 0 aromatic heterocycles. The fourth-order valence-corrected chi connectivity index (χ4v) is 2.78. The van der Waals surface area contributed by atoms with Crippen LogP contribution in [0.1, 0.15) is 25.7 Å². The topological polar surface area (TPSA) is 56.4 Å². The van der Waals surface area contributed by atoms with E-state index in [1.54, 1.807) is 0 Å². The molecule has 0 aromatic carbocycles. The minimum absolute atomic E-state index is 0.00275. The summed E-state index contributed by atoms with van der Waals surface area (Å²) in [7, 11) is 0. The van der Waals surface area contributed by atoms with Gasteiger partial charge in [0.15, 0.2) is 0 Å². The van der Waals surface area contributed by atoms with Crippen LogP contribution in [0.25, 0.3) is 0 Å². The number of carbonyl (C=O) groups is 1. The molecular formula is C13H26N4O. The summed E-state index contributed by atoms with van der Waals surface area (Å²) in [6, 6.07) is -0.00275. The fourth-order valence-electron chi connectivity index (χ4n) is 2.78. The number of hydrogen-bond acceptors (Lipinski definition) is 3. The minimum Gasteiger partial charge on any atom is -0.338 e. The lowest BCUT2D eigenvalue weighted by molar-refractivity contribution is 0.226. The first-order valence-electron chi connectivity index (χ1n) is 7.29. The van der Waals surface area contributed by atoms with Gasteiger partial charge in [0.05, 0.1) is 0 Å². The van der Waals surface area contributed by atoms with Crippen LogP contribution in [-0.4, -0.2) is 56.7 Å². The summed E-state index contributed by atoms with van der Waals surface area (Å²) in [6.07, 6.45) is 5.22. The van der Waals surface area contributed by atoms with E-state index in [-0.39, 0.29) is 6.03 Å². The maximum atomic E-state index is 11.6. The van der Waals surface area contributed by atoms with Crippen LogP contribution < -0.4 is 16.0 Å². The summed E-state index contributed by atoms with van der Waals surface area (Å²) in [4.78, 5) is 14.0. The van der Waals surface area contributed by atoms with Crippen molar-refractivity contribution in [2.24, 2.45) is 5.92 Å². The number of carbonyl (C=O) groups excluding carboxylic acids is 1. The van der Waals surface area contributed by atoms with E-state index in [1.165, 1.54) is 25.7 Å². The van der Waals surface area contributed by atoms with Gasteiger partial charge in [-0.25, -0.2) is 4.79 Å².